The van der Waals surface area contributed by atoms with E-state index in [-0.39, 0.29) is 33.9 Å². The van der Waals surface area contributed by atoms with E-state index in [0.29, 0.717) is 105 Å². The molecule has 29 heteroatoms. The highest BCUT2D eigenvalue weighted by Gasteiger charge is 2.43. The Morgan fingerprint density at radius 1 is 0.209 bits per heavy atom. The van der Waals surface area contributed by atoms with Gasteiger partial charge in [0.25, 0.3) is 0 Å². The van der Waals surface area contributed by atoms with Gasteiger partial charge in [0, 0.05) is 214 Å². The molecule has 0 rings (SSSR count). The summed E-state index contributed by atoms with van der Waals surface area (Å²) in [7, 11) is -12.1. The summed E-state index contributed by atoms with van der Waals surface area (Å²) >= 11 is 5.66. The molecule has 0 heterocycles. The van der Waals surface area contributed by atoms with Crippen LogP contribution in [0, 0.1) is 0 Å². The highest BCUT2D eigenvalue weighted by Crippen LogP contribution is 2.22. The first kappa shape index (κ1) is 113. The average Bonchev–Trinajstić information content (AvgIpc) is 2.45. The minimum absolute atomic E-state index is 0. The Balaban J connectivity index is -0.000000107. The number of aliphatic hydroxyl groups is 4. The van der Waals surface area contributed by atoms with Crippen LogP contribution in [-0.2, 0) is 85.3 Å². The first-order valence-electron chi connectivity index (χ1n) is 34.3. The van der Waals surface area contributed by atoms with E-state index in [4.69, 9.17) is 117 Å². The summed E-state index contributed by atoms with van der Waals surface area (Å²) in [5.41, 5.74) is 0. The van der Waals surface area contributed by atoms with Gasteiger partial charge in [-0.05, 0) is 191 Å². The molecule has 0 amide bonds. The fourth-order valence-corrected chi connectivity index (χ4v) is 20.7. The maximum atomic E-state index is 7.57. The molecule has 0 saturated carbocycles. The van der Waals surface area contributed by atoms with Crippen LogP contribution >= 0.6 is 11.6 Å². The Bertz CT molecular complexity index is 989. The van der Waals surface area contributed by atoms with Crippen LogP contribution < -0.4 is 0 Å². The fourth-order valence-electron chi connectivity index (χ4n) is 7.43. The van der Waals surface area contributed by atoms with Crippen LogP contribution in [0.15, 0.2) is 0 Å². The molecule has 91 heavy (non-hydrogen) atoms. The minimum Gasteiger partial charge on any atom is -0.397 e. The predicted molar refractivity (Wildman–Crippen MR) is 385 cm³/mol. The summed E-state index contributed by atoms with van der Waals surface area (Å²) < 4.78 is 107. The molecule has 0 aliphatic heterocycles. The van der Waals surface area contributed by atoms with Crippen molar-refractivity contribution in [2.75, 3.05) is 184 Å². The standard InChI is InChI=1S/4C11H26O4Si.C9H21ClO3Si.4C2H6O.CH4/c4*1-5-12-10-9-11-16(13-6-2,14-7-3)15-8-4;1-4-11-14(12-5-2,13-6-3)9-7-8-10;4*1-2-3;/h4*5-11H2,1-4H3;4-9H2,1-3H3;4*3H,2H2,1H3;1H4. The molecular formula is C62H153ClO23Si5. The number of aliphatic hydroxyl groups excluding tert-OH is 4. The van der Waals surface area contributed by atoms with Crippen LogP contribution in [0.25, 0.3) is 0 Å². The monoisotopic (exact) mass is 1440 g/mol. The van der Waals surface area contributed by atoms with E-state index in [0.717, 1.165) is 115 Å². The van der Waals surface area contributed by atoms with Gasteiger partial charge in [0.05, 0.1) is 0 Å². The predicted octanol–water partition coefficient (Wildman–Crippen LogP) is 13.1. The van der Waals surface area contributed by atoms with Crippen molar-refractivity contribution in [2.24, 2.45) is 0 Å². The lowest BCUT2D eigenvalue weighted by Gasteiger charge is -2.28. The smallest absolute Gasteiger partial charge is 0.397 e. The number of halogens is 1. The van der Waals surface area contributed by atoms with Gasteiger partial charge in [0.1, 0.15) is 0 Å². The molecule has 23 nitrogen and oxygen atoms in total. The third-order valence-electron chi connectivity index (χ3n) is 9.98. The van der Waals surface area contributed by atoms with E-state index in [1.54, 1.807) is 27.7 Å². The van der Waals surface area contributed by atoms with Gasteiger partial charge >= 0.3 is 44.0 Å². The van der Waals surface area contributed by atoms with E-state index in [9.17, 15) is 0 Å². The zero-order valence-corrected chi connectivity index (χ0v) is 68.0. The van der Waals surface area contributed by atoms with Crippen molar-refractivity contribution >= 4 is 55.6 Å². The van der Waals surface area contributed by atoms with E-state index in [2.05, 4.69) is 0 Å². The molecule has 4 N–H and O–H groups in total. The zero-order chi connectivity index (χ0) is 70.8. The lowest BCUT2D eigenvalue weighted by atomic mass is 10.5. The van der Waals surface area contributed by atoms with E-state index >= 15 is 0 Å². The third-order valence-corrected chi connectivity index (χ3v) is 26.0. The van der Waals surface area contributed by atoms with Gasteiger partial charge in [-0.3, -0.25) is 0 Å². The molecule has 0 saturated heterocycles. The summed E-state index contributed by atoms with van der Waals surface area (Å²) in [6.07, 6.45) is 4.61. The molecular weight excluding hydrogens is 1290 g/mol. The normalized spacial score (nSPS) is 11.1. The number of alkyl halides is 1. The van der Waals surface area contributed by atoms with Crippen LogP contribution in [0.4, 0.5) is 0 Å². The first-order valence-corrected chi connectivity index (χ1v) is 44.5. The fraction of sp³-hybridized carbons (Fsp3) is 1.00. The van der Waals surface area contributed by atoms with Crippen LogP contribution in [0.3, 0.4) is 0 Å². The SMILES string of the molecule is C.CCO.CCO.CCO.CCO.CCOCCC[Si](OCC)(OCC)OCC.CCOCCC[Si](OCC)(OCC)OCC.CCOCCC[Si](OCC)(OCC)OCC.CCOCCC[Si](OCC)(OCC)OCC.CCO[Si](CCCCl)(OCC)OCC. The molecule has 0 aliphatic carbocycles. The Morgan fingerprint density at radius 2 is 0.319 bits per heavy atom. The molecule has 0 bridgehead atoms. The topological polar surface area (TPSA) is 256 Å². The highest BCUT2D eigenvalue weighted by atomic mass is 35.5. The quantitative estimate of drug-likeness (QED) is 0.0251. The van der Waals surface area contributed by atoms with Gasteiger partial charge in [0.15, 0.2) is 0 Å². The van der Waals surface area contributed by atoms with Crippen molar-refractivity contribution in [1.82, 2.24) is 0 Å². The van der Waals surface area contributed by atoms with E-state index in [1.807, 2.05) is 132 Å². The summed E-state index contributed by atoms with van der Waals surface area (Å²) in [6.45, 7) is 60.9. The van der Waals surface area contributed by atoms with Crippen LogP contribution in [0.5, 0.6) is 0 Å². The molecule has 0 fully saturated rings. The third kappa shape index (κ3) is 81.0. The largest absolute Gasteiger partial charge is 0.501 e. The molecule has 0 spiro atoms. The van der Waals surface area contributed by atoms with E-state index < -0.39 is 44.0 Å². The molecule has 0 aromatic rings. The Labute approximate surface area is 571 Å². The van der Waals surface area contributed by atoms with Gasteiger partial charge in [-0.1, -0.05) is 7.43 Å². The molecule has 0 aromatic carbocycles. The van der Waals surface area contributed by atoms with Gasteiger partial charge in [0.2, 0.25) is 0 Å². The van der Waals surface area contributed by atoms with Crippen molar-refractivity contribution in [1.29, 1.82) is 0 Å². The van der Waals surface area contributed by atoms with Crippen LogP contribution in [0.1, 0.15) is 199 Å². The first-order chi connectivity index (χ1) is 43.4. The second-order valence-electron chi connectivity index (χ2n) is 17.2. The number of ether oxygens (including phenoxy) is 4. The zero-order valence-electron chi connectivity index (χ0n) is 62.3. The Hall–Kier alpha value is 0.454. The molecule has 0 aliphatic rings. The summed E-state index contributed by atoms with van der Waals surface area (Å²) in [5, 5.41) is 30.3. The summed E-state index contributed by atoms with van der Waals surface area (Å²) in [5.74, 6) is 0.627. The number of hydrogen-bond acceptors (Lipinski definition) is 23. The lowest BCUT2D eigenvalue weighted by molar-refractivity contribution is 0.0660. The maximum absolute atomic E-state index is 7.57. The van der Waals surface area contributed by atoms with Crippen molar-refractivity contribution in [3.8, 4) is 0 Å². The molecule has 0 atom stereocenters. The second kappa shape index (κ2) is 94.6. The van der Waals surface area contributed by atoms with Gasteiger partial charge in [-0.15, -0.1) is 11.6 Å². The van der Waals surface area contributed by atoms with Crippen molar-refractivity contribution in [2.45, 2.75) is 229 Å². The average molecular weight is 1440 g/mol. The minimum atomic E-state index is -2.43. The van der Waals surface area contributed by atoms with Crippen molar-refractivity contribution in [3.63, 3.8) is 0 Å². The van der Waals surface area contributed by atoms with Crippen molar-refractivity contribution in [3.05, 3.63) is 0 Å². The summed E-state index contributed by atoms with van der Waals surface area (Å²) in [6, 6.07) is 4.15. The highest BCUT2D eigenvalue weighted by molar-refractivity contribution is 6.62. The lowest BCUT2D eigenvalue weighted by Crippen LogP contribution is -2.46. The van der Waals surface area contributed by atoms with Crippen LogP contribution in [0.2, 0.25) is 30.2 Å². The molecule has 0 unspecified atom stereocenters. The Kier molecular flexibility index (Phi) is 117. The van der Waals surface area contributed by atoms with Gasteiger partial charge in [-0.2, -0.15) is 0 Å². The van der Waals surface area contributed by atoms with Crippen molar-refractivity contribution < 1.29 is 106 Å². The van der Waals surface area contributed by atoms with Gasteiger partial charge in [-0.25, -0.2) is 0 Å². The maximum Gasteiger partial charge on any atom is 0.501 e. The number of rotatable bonds is 53. The molecule has 566 valence electrons. The second-order valence-corrected chi connectivity index (χ2v) is 31.2. The number of hydrogen-bond donors (Lipinski definition) is 4. The van der Waals surface area contributed by atoms with E-state index in [1.165, 1.54) is 0 Å². The van der Waals surface area contributed by atoms with Crippen LogP contribution in [-0.4, -0.2) is 249 Å². The van der Waals surface area contributed by atoms with Gasteiger partial charge < -0.3 is 106 Å². The summed E-state index contributed by atoms with van der Waals surface area (Å²) in [4.78, 5) is 0. The Morgan fingerprint density at radius 3 is 0.407 bits per heavy atom. The molecule has 0 aromatic heterocycles. The molecule has 0 radical (unpaired) electrons.